The van der Waals surface area contributed by atoms with Crippen LogP contribution in [0.25, 0.3) is 6.08 Å². The molecule has 0 atom stereocenters. The molecule has 1 aromatic rings. The van der Waals surface area contributed by atoms with Gasteiger partial charge in [-0.25, -0.2) is 0 Å². The highest BCUT2D eigenvalue weighted by Crippen LogP contribution is 2.35. The van der Waals surface area contributed by atoms with E-state index in [1.54, 1.807) is 25.1 Å². The van der Waals surface area contributed by atoms with Crippen molar-refractivity contribution in [2.45, 2.75) is 6.92 Å². The maximum Gasteiger partial charge on any atom is 0.323 e. The van der Waals surface area contributed by atoms with E-state index in [1.807, 2.05) is 0 Å². The number of aryl methyl sites for hydroxylation is 1. The molecule has 6 nitrogen and oxygen atoms in total. The van der Waals surface area contributed by atoms with Gasteiger partial charge in [-0.2, -0.15) is 0 Å². The van der Waals surface area contributed by atoms with Crippen LogP contribution in [0.2, 0.25) is 0 Å². The number of benzene rings is 1. The van der Waals surface area contributed by atoms with Gasteiger partial charge < -0.3 is 14.9 Å². The van der Waals surface area contributed by atoms with E-state index >= 15 is 0 Å². The normalized spacial score (nSPS) is 16.5. The second kappa shape index (κ2) is 6.37. The zero-order valence-corrected chi connectivity index (χ0v) is 13.5. The van der Waals surface area contributed by atoms with Gasteiger partial charge >= 0.3 is 5.97 Å². The first kappa shape index (κ1) is 16.3. The lowest BCUT2D eigenvalue weighted by Gasteiger charge is -2.10. The molecule has 1 aliphatic rings. The maximum absolute atomic E-state index is 12.2. The van der Waals surface area contributed by atoms with Crippen molar-refractivity contribution in [3.63, 3.8) is 0 Å². The Morgan fingerprint density at radius 2 is 2.18 bits per heavy atom. The molecule has 1 aromatic carbocycles. The predicted octanol–water partition coefficient (Wildman–Crippen LogP) is 2.00. The maximum atomic E-state index is 12.2. The average molecular weight is 339 g/mol. The molecule has 0 aliphatic carbocycles. The fourth-order valence-electron chi connectivity index (χ4n) is 1.94. The minimum atomic E-state index is -1.13. The number of phenolic OH excluding ortho intramolecular Hbond substituents is 1. The monoisotopic (exact) mass is 339 g/mol. The van der Waals surface area contributed by atoms with Gasteiger partial charge in [0.05, 0.1) is 12.0 Å². The number of hydrogen-bond acceptors (Lipinski definition) is 6. The minimum absolute atomic E-state index is 0.0399. The molecule has 0 saturated carbocycles. The van der Waals surface area contributed by atoms with E-state index in [9.17, 15) is 14.7 Å². The second-order valence-electron chi connectivity index (χ2n) is 4.55. The van der Waals surface area contributed by atoms with Gasteiger partial charge in [0.25, 0.3) is 5.91 Å². The summed E-state index contributed by atoms with van der Waals surface area (Å²) in [7, 11) is 1.44. The van der Waals surface area contributed by atoms with Gasteiger partial charge in [0.1, 0.15) is 10.9 Å². The average Bonchev–Trinajstić information content (AvgIpc) is 2.70. The van der Waals surface area contributed by atoms with Gasteiger partial charge in [0.15, 0.2) is 11.5 Å². The van der Waals surface area contributed by atoms with E-state index in [2.05, 4.69) is 0 Å². The van der Waals surface area contributed by atoms with Crippen LogP contribution in [0.1, 0.15) is 11.1 Å². The number of carboxylic acids is 1. The largest absolute Gasteiger partial charge is 0.504 e. The number of carbonyl (C=O) groups is 2. The van der Waals surface area contributed by atoms with Gasteiger partial charge in [0.2, 0.25) is 0 Å². The van der Waals surface area contributed by atoms with Crippen molar-refractivity contribution in [1.29, 1.82) is 0 Å². The van der Waals surface area contributed by atoms with Crippen LogP contribution < -0.4 is 4.74 Å². The van der Waals surface area contributed by atoms with Crippen LogP contribution in [-0.2, 0) is 9.59 Å². The summed E-state index contributed by atoms with van der Waals surface area (Å²) in [5, 5.41) is 18.6. The Bertz CT molecular complexity index is 699. The molecule has 1 aliphatic heterocycles. The Morgan fingerprint density at radius 1 is 1.50 bits per heavy atom. The third kappa shape index (κ3) is 3.23. The summed E-state index contributed by atoms with van der Waals surface area (Å²) in [5.74, 6) is -1.23. The molecule has 116 valence electrons. The van der Waals surface area contributed by atoms with Crippen molar-refractivity contribution in [1.82, 2.24) is 4.90 Å². The molecule has 0 bridgehead atoms. The highest BCUT2D eigenvalue weighted by molar-refractivity contribution is 8.26. The van der Waals surface area contributed by atoms with Gasteiger partial charge in [-0.1, -0.05) is 24.0 Å². The number of phenols is 1. The van der Waals surface area contributed by atoms with E-state index in [-0.39, 0.29) is 10.1 Å². The molecule has 2 N–H and O–H groups in total. The Labute approximate surface area is 136 Å². The second-order valence-corrected chi connectivity index (χ2v) is 6.23. The van der Waals surface area contributed by atoms with Gasteiger partial charge in [-0.15, -0.1) is 0 Å². The number of aliphatic carboxylic acids is 1. The number of thiocarbonyl (C=S) groups is 1. The summed E-state index contributed by atoms with van der Waals surface area (Å²) in [4.78, 5) is 24.3. The number of aromatic hydroxyl groups is 1. The van der Waals surface area contributed by atoms with Crippen molar-refractivity contribution in [3.05, 3.63) is 28.2 Å². The molecule has 22 heavy (non-hydrogen) atoms. The number of rotatable bonds is 4. The Morgan fingerprint density at radius 3 is 2.77 bits per heavy atom. The van der Waals surface area contributed by atoms with E-state index in [1.165, 1.54) is 7.11 Å². The van der Waals surface area contributed by atoms with Crippen molar-refractivity contribution < 1.29 is 24.5 Å². The predicted molar refractivity (Wildman–Crippen MR) is 86.9 cm³/mol. The van der Waals surface area contributed by atoms with Crippen molar-refractivity contribution in [2.24, 2.45) is 0 Å². The fraction of sp³-hybridized carbons (Fsp3) is 0.214. The zero-order valence-electron chi connectivity index (χ0n) is 11.8. The SMILES string of the molecule is COc1cc(/C=C2\SC(=S)N(CC(=O)O)C2=O)cc(C)c1O. The number of thioether (sulfide) groups is 1. The summed E-state index contributed by atoms with van der Waals surface area (Å²) < 4.78 is 5.28. The lowest BCUT2D eigenvalue weighted by Crippen LogP contribution is -2.33. The van der Waals surface area contributed by atoms with E-state index in [4.69, 9.17) is 22.1 Å². The van der Waals surface area contributed by atoms with E-state index in [0.29, 0.717) is 21.8 Å². The first-order chi connectivity index (χ1) is 10.3. The number of ether oxygens (including phenoxy) is 1. The number of carbonyl (C=O) groups excluding carboxylic acids is 1. The molecule has 1 heterocycles. The highest BCUT2D eigenvalue weighted by atomic mass is 32.2. The Balaban J connectivity index is 2.34. The summed E-state index contributed by atoms with van der Waals surface area (Å²) in [5.41, 5.74) is 1.26. The molecule has 0 spiro atoms. The van der Waals surface area contributed by atoms with Crippen LogP contribution >= 0.6 is 24.0 Å². The fourth-order valence-corrected chi connectivity index (χ4v) is 3.19. The minimum Gasteiger partial charge on any atom is -0.504 e. The molecule has 2 rings (SSSR count). The molecular weight excluding hydrogens is 326 g/mol. The molecule has 1 amide bonds. The molecule has 1 fully saturated rings. The van der Waals surface area contributed by atoms with Gasteiger partial charge in [-0.3, -0.25) is 14.5 Å². The number of hydrogen-bond donors (Lipinski definition) is 2. The number of methoxy groups -OCH3 is 1. The first-order valence-electron chi connectivity index (χ1n) is 6.18. The van der Waals surface area contributed by atoms with Gasteiger partial charge in [0, 0.05) is 0 Å². The van der Waals surface area contributed by atoms with Crippen LogP contribution in [0.3, 0.4) is 0 Å². The lowest BCUT2D eigenvalue weighted by molar-refractivity contribution is -0.140. The Kier molecular flexibility index (Phi) is 4.72. The quantitative estimate of drug-likeness (QED) is 0.641. The van der Waals surface area contributed by atoms with Crippen molar-refractivity contribution >= 4 is 46.3 Å². The smallest absolute Gasteiger partial charge is 0.323 e. The van der Waals surface area contributed by atoms with E-state index < -0.39 is 18.4 Å². The van der Waals surface area contributed by atoms with Crippen LogP contribution in [-0.4, -0.2) is 45.0 Å². The lowest BCUT2D eigenvalue weighted by atomic mass is 10.1. The molecular formula is C14H13NO5S2. The number of carboxylic acid groups (broad SMARTS) is 1. The summed E-state index contributed by atoms with van der Waals surface area (Å²) in [6, 6.07) is 3.29. The van der Waals surface area contributed by atoms with Crippen molar-refractivity contribution in [2.75, 3.05) is 13.7 Å². The van der Waals surface area contributed by atoms with Crippen LogP contribution in [0.15, 0.2) is 17.0 Å². The topological polar surface area (TPSA) is 87.1 Å². The summed E-state index contributed by atoms with van der Waals surface area (Å²) in [6.07, 6.45) is 1.59. The van der Waals surface area contributed by atoms with Gasteiger partial charge in [-0.05, 0) is 36.3 Å². The first-order valence-corrected chi connectivity index (χ1v) is 7.40. The zero-order chi connectivity index (χ0) is 16.4. The number of amides is 1. The summed E-state index contributed by atoms with van der Waals surface area (Å²) >= 11 is 6.07. The molecule has 1 saturated heterocycles. The van der Waals surface area contributed by atoms with Crippen LogP contribution in [0.4, 0.5) is 0 Å². The molecule has 0 radical (unpaired) electrons. The molecule has 8 heteroatoms. The number of nitrogens with zero attached hydrogens (tertiary/aromatic N) is 1. The molecule has 0 aromatic heterocycles. The third-order valence-corrected chi connectivity index (χ3v) is 4.35. The van der Waals surface area contributed by atoms with Crippen LogP contribution in [0.5, 0.6) is 11.5 Å². The van der Waals surface area contributed by atoms with Crippen molar-refractivity contribution in [3.8, 4) is 11.5 Å². The highest BCUT2D eigenvalue weighted by Gasteiger charge is 2.33. The third-order valence-electron chi connectivity index (χ3n) is 2.97. The standard InChI is InChI=1S/C14H13NO5S2/c1-7-3-8(4-9(20-2)12(7)18)5-10-13(19)15(6-11(16)17)14(21)22-10/h3-5,18H,6H2,1-2H3,(H,16,17)/b10-5-. The van der Waals surface area contributed by atoms with Crippen LogP contribution in [0, 0.1) is 6.92 Å². The molecule has 0 unspecified atom stereocenters. The van der Waals surface area contributed by atoms with E-state index in [0.717, 1.165) is 16.7 Å². The summed E-state index contributed by atoms with van der Waals surface area (Å²) in [6.45, 7) is 1.25. The Hall–Kier alpha value is -2.06.